The zero-order valence-electron chi connectivity index (χ0n) is 23.9. The van der Waals surface area contributed by atoms with E-state index in [4.69, 9.17) is 5.14 Å². The van der Waals surface area contributed by atoms with E-state index in [0.29, 0.717) is 65.1 Å². The number of hydrogen-bond donors (Lipinski definition) is 2. The van der Waals surface area contributed by atoms with Crippen LogP contribution in [0.15, 0.2) is 29.2 Å². The third-order valence-electron chi connectivity index (χ3n) is 6.78. The molecule has 1 radical (unpaired) electrons. The van der Waals surface area contributed by atoms with Crippen molar-refractivity contribution in [2.45, 2.75) is 24.2 Å². The summed E-state index contributed by atoms with van der Waals surface area (Å²) in [6.07, 6.45) is 1.42. The summed E-state index contributed by atoms with van der Waals surface area (Å²) >= 11 is 0. The van der Waals surface area contributed by atoms with Crippen molar-refractivity contribution in [1.82, 2.24) is 24.9 Å². The minimum Gasteiger partial charge on any atom is -0.549 e. The van der Waals surface area contributed by atoms with Crippen molar-refractivity contribution in [1.29, 1.82) is 0 Å². The molecule has 0 bridgehead atoms. The van der Waals surface area contributed by atoms with E-state index in [9.17, 15) is 42.9 Å². The Morgan fingerprint density at radius 2 is 1.05 bits per heavy atom. The van der Waals surface area contributed by atoms with E-state index in [1.165, 1.54) is 12.1 Å². The number of carbonyl (C=O) groups is 4. The second kappa shape index (κ2) is 20.3. The molecule has 0 aromatic heterocycles. The number of aliphatic carboxylic acids is 3. The number of carbonyl (C=O) groups excluding carboxylic acids is 4. The van der Waals surface area contributed by atoms with Crippen LogP contribution in [0, 0.1) is 39.9 Å². The van der Waals surface area contributed by atoms with Crippen LogP contribution in [0.5, 0.6) is 0 Å². The zero-order chi connectivity index (χ0) is 31.1. The van der Waals surface area contributed by atoms with Crippen LogP contribution in [0.4, 0.5) is 0 Å². The Kier molecular flexibility index (Phi) is 18.5. The molecular formula is C26H39GdN6O9S. The molecular weight excluding hydrogens is 730 g/mol. The molecule has 0 saturated carbocycles. The molecule has 0 unspecified atom stereocenters. The van der Waals surface area contributed by atoms with Gasteiger partial charge in [-0.3, -0.25) is 24.4 Å². The number of carboxylic acids is 3. The standard InChI is InChI=1S/C26H42N6O9S.Gd/c27-42(40,41)22-5-3-21(4-6-22)7-8-28-23(33)17-29-9-1-10-31(19-25(36)37)15-16-32(20-26(38)39)12-2-11-30(14-13-29)18-24(34)35;/h3-6H,1-2,7-20H2,(H,28,33)(H,34,35)(H,36,37)(H,38,39)(H2,27,40,41);/q;+3/p-3. The smallest absolute Gasteiger partial charge is 0.549 e. The average molecular weight is 769 g/mol. The Balaban J connectivity index is 0.00000924. The molecule has 1 fully saturated rings. The van der Waals surface area contributed by atoms with Crippen LogP contribution in [0.3, 0.4) is 0 Å². The summed E-state index contributed by atoms with van der Waals surface area (Å²) in [7, 11) is -3.79. The fourth-order valence-electron chi connectivity index (χ4n) is 4.68. The molecule has 1 aliphatic rings. The predicted molar refractivity (Wildman–Crippen MR) is 145 cm³/mol. The normalized spacial score (nSPS) is 17.3. The van der Waals surface area contributed by atoms with Gasteiger partial charge in [0.1, 0.15) is 0 Å². The van der Waals surface area contributed by atoms with Crippen LogP contribution in [-0.4, -0.2) is 137 Å². The molecule has 2 rings (SSSR count). The Morgan fingerprint density at radius 1 is 0.674 bits per heavy atom. The minimum absolute atomic E-state index is 0. The largest absolute Gasteiger partial charge is 3.00 e. The first-order chi connectivity index (χ1) is 19.8. The maximum absolute atomic E-state index is 12.7. The number of sulfonamides is 1. The van der Waals surface area contributed by atoms with Crippen molar-refractivity contribution in [3.8, 4) is 0 Å². The van der Waals surface area contributed by atoms with Gasteiger partial charge in [0.25, 0.3) is 0 Å². The van der Waals surface area contributed by atoms with Crippen molar-refractivity contribution in [3.05, 3.63) is 29.8 Å². The molecule has 0 atom stereocenters. The van der Waals surface area contributed by atoms with Crippen molar-refractivity contribution < 1.29 is 82.9 Å². The third-order valence-corrected chi connectivity index (χ3v) is 7.70. The average Bonchev–Trinajstić information content (AvgIpc) is 2.88. The van der Waals surface area contributed by atoms with Gasteiger partial charge in [0.15, 0.2) is 0 Å². The van der Waals surface area contributed by atoms with Gasteiger partial charge in [-0.15, -0.1) is 0 Å². The maximum Gasteiger partial charge on any atom is 3.00 e. The summed E-state index contributed by atoms with van der Waals surface area (Å²) in [6, 6.07) is 6.04. The van der Waals surface area contributed by atoms with Gasteiger partial charge < -0.3 is 35.0 Å². The molecule has 15 nitrogen and oxygen atoms in total. The van der Waals surface area contributed by atoms with E-state index in [1.807, 2.05) is 4.90 Å². The van der Waals surface area contributed by atoms with Gasteiger partial charge in [-0.05, 0) is 63.1 Å². The van der Waals surface area contributed by atoms with E-state index < -0.39 is 27.9 Å². The van der Waals surface area contributed by atoms with E-state index in [1.54, 1.807) is 26.8 Å². The molecule has 1 amide bonds. The molecule has 1 aromatic carbocycles. The molecule has 3 N–H and O–H groups in total. The summed E-state index contributed by atoms with van der Waals surface area (Å²) in [5.74, 6) is -4.02. The monoisotopic (exact) mass is 769 g/mol. The molecule has 0 aliphatic carbocycles. The first kappa shape index (κ1) is 39.2. The molecule has 1 saturated heterocycles. The van der Waals surface area contributed by atoms with Crippen LogP contribution in [0.1, 0.15) is 18.4 Å². The maximum atomic E-state index is 12.7. The second-order valence-corrected chi connectivity index (χ2v) is 11.8. The minimum atomic E-state index is -3.79. The van der Waals surface area contributed by atoms with Crippen molar-refractivity contribution in [2.24, 2.45) is 5.14 Å². The zero-order valence-corrected chi connectivity index (χ0v) is 27.0. The van der Waals surface area contributed by atoms with E-state index >= 15 is 0 Å². The van der Waals surface area contributed by atoms with Gasteiger partial charge in [0, 0.05) is 52.4 Å². The number of nitrogens with zero attached hydrogens (tertiary/aromatic N) is 4. The number of primary sulfonamides is 1. The quantitative estimate of drug-likeness (QED) is 0.203. The van der Waals surface area contributed by atoms with Crippen LogP contribution >= 0.6 is 0 Å². The van der Waals surface area contributed by atoms with Crippen LogP contribution < -0.4 is 25.8 Å². The molecule has 43 heavy (non-hydrogen) atoms. The number of amides is 1. The van der Waals surface area contributed by atoms with E-state index in [-0.39, 0.29) is 90.0 Å². The van der Waals surface area contributed by atoms with Gasteiger partial charge in [-0.1, -0.05) is 12.1 Å². The number of nitrogens with two attached hydrogens (primary N) is 1. The predicted octanol–water partition coefficient (Wildman–Crippen LogP) is -5.76. The number of nitrogens with one attached hydrogen (secondary N) is 1. The summed E-state index contributed by atoms with van der Waals surface area (Å²) < 4.78 is 22.8. The van der Waals surface area contributed by atoms with Crippen LogP contribution in [0.25, 0.3) is 0 Å². The van der Waals surface area contributed by atoms with Gasteiger partial charge >= 0.3 is 39.9 Å². The Hall–Kier alpha value is -1.83. The number of benzene rings is 1. The molecule has 241 valence electrons. The van der Waals surface area contributed by atoms with Gasteiger partial charge in [-0.25, -0.2) is 13.6 Å². The van der Waals surface area contributed by atoms with E-state index in [0.717, 1.165) is 5.56 Å². The SMILES string of the molecule is NS(=O)(=O)c1ccc(CCNC(=O)CN2CCCN(CC(=O)[O-])CCN(CC(=O)[O-])CCCN(CC(=O)[O-])CC2)cc1.[Gd+3]. The van der Waals surface area contributed by atoms with Gasteiger partial charge in [-0.2, -0.15) is 0 Å². The van der Waals surface area contributed by atoms with E-state index in [2.05, 4.69) is 5.32 Å². The van der Waals surface area contributed by atoms with Crippen LogP contribution in [-0.2, 0) is 35.6 Å². The number of rotatable bonds is 12. The molecule has 1 heterocycles. The van der Waals surface area contributed by atoms with Gasteiger partial charge in [0.2, 0.25) is 15.9 Å². The van der Waals surface area contributed by atoms with Crippen molar-refractivity contribution in [3.63, 3.8) is 0 Å². The third kappa shape index (κ3) is 17.3. The molecule has 1 aliphatic heterocycles. The second-order valence-electron chi connectivity index (χ2n) is 10.2. The van der Waals surface area contributed by atoms with Crippen molar-refractivity contribution in [2.75, 3.05) is 85.1 Å². The fourth-order valence-corrected chi connectivity index (χ4v) is 5.20. The van der Waals surface area contributed by atoms with Crippen LogP contribution in [0.2, 0.25) is 0 Å². The number of hydrogen-bond acceptors (Lipinski definition) is 13. The van der Waals surface area contributed by atoms with Gasteiger partial charge in [0.05, 0.1) is 29.3 Å². The summed E-state index contributed by atoms with van der Waals surface area (Å²) in [5.41, 5.74) is 0.810. The number of carboxylic acid groups (broad SMARTS) is 3. The molecule has 1 aromatic rings. The first-order valence-corrected chi connectivity index (χ1v) is 15.2. The summed E-state index contributed by atoms with van der Waals surface area (Å²) in [6.45, 7) is 2.09. The summed E-state index contributed by atoms with van der Waals surface area (Å²) in [5, 5.41) is 41.7. The Labute approximate surface area is 284 Å². The summed E-state index contributed by atoms with van der Waals surface area (Å²) in [4.78, 5) is 53.3. The topological polar surface area (TPSA) is 223 Å². The molecule has 17 heteroatoms. The first-order valence-electron chi connectivity index (χ1n) is 13.7. The fraction of sp³-hybridized carbons (Fsp3) is 0.615. The Bertz CT molecular complexity index is 1160. The Morgan fingerprint density at radius 3 is 1.40 bits per heavy atom. The molecule has 0 spiro atoms. The van der Waals surface area contributed by atoms with Crippen molar-refractivity contribution >= 4 is 33.8 Å².